The molecule has 0 saturated carbocycles. The Labute approximate surface area is 125 Å². The van der Waals surface area contributed by atoms with E-state index in [0.717, 1.165) is 21.5 Å². The number of aromatic nitrogens is 2. The number of fused-ring (bicyclic) bond motifs is 1. The standard InChI is InChI=1S/C15H13N3O2S/c1-9-13(14(19)20-2)18-15(21-9)17-11-5-6-12-10(8-11)4-3-7-16-12/h3-8H,1-2H3,(H,17,18). The molecule has 5 nitrogen and oxygen atoms in total. The quantitative estimate of drug-likeness (QED) is 0.749. The first kappa shape index (κ1) is 13.5. The summed E-state index contributed by atoms with van der Waals surface area (Å²) in [5, 5.41) is 4.92. The van der Waals surface area contributed by atoms with E-state index in [-0.39, 0.29) is 0 Å². The molecule has 0 atom stereocenters. The van der Waals surface area contributed by atoms with Gasteiger partial charge in [0.25, 0.3) is 0 Å². The Bertz CT molecular complexity index is 814. The molecule has 0 aliphatic heterocycles. The van der Waals surface area contributed by atoms with Crippen LogP contribution in [0.4, 0.5) is 10.8 Å². The summed E-state index contributed by atoms with van der Waals surface area (Å²) in [6.45, 7) is 1.85. The SMILES string of the molecule is COC(=O)c1nc(Nc2ccc3ncccc3c2)sc1C. The van der Waals surface area contributed by atoms with Crippen LogP contribution in [0.2, 0.25) is 0 Å². The van der Waals surface area contributed by atoms with Gasteiger partial charge in [0.1, 0.15) is 0 Å². The molecular weight excluding hydrogens is 286 g/mol. The van der Waals surface area contributed by atoms with Gasteiger partial charge in [-0.15, -0.1) is 11.3 Å². The predicted molar refractivity (Wildman–Crippen MR) is 83.2 cm³/mol. The molecule has 0 spiro atoms. The highest BCUT2D eigenvalue weighted by Crippen LogP contribution is 2.27. The van der Waals surface area contributed by atoms with E-state index in [4.69, 9.17) is 4.74 Å². The van der Waals surface area contributed by atoms with Crippen molar-refractivity contribution in [3.63, 3.8) is 0 Å². The molecule has 2 heterocycles. The van der Waals surface area contributed by atoms with E-state index < -0.39 is 5.97 Å². The third-order valence-corrected chi connectivity index (χ3v) is 3.92. The molecule has 6 heteroatoms. The van der Waals surface area contributed by atoms with Gasteiger partial charge in [0.2, 0.25) is 0 Å². The second-order valence-corrected chi connectivity index (χ2v) is 5.65. The summed E-state index contributed by atoms with van der Waals surface area (Å²) in [6.07, 6.45) is 1.77. The monoisotopic (exact) mass is 299 g/mol. The average Bonchev–Trinajstić information content (AvgIpc) is 2.87. The molecule has 0 aliphatic rings. The van der Waals surface area contributed by atoms with Gasteiger partial charge in [-0.3, -0.25) is 4.98 Å². The lowest BCUT2D eigenvalue weighted by molar-refractivity contribution is 0.0594. The summed E-state index contributed by atoms with van der Waals surface area (Å²) in [4.78, 5) is 20.9. The molecule has 3 aromatic rings. The van der Waals surface area contributed by atoms with Gasteiger partial charge in [-0.1, -0.05) is 6.07 Å². The lowest BCUT2D eigenvalue weighted by Gasteiger charge is -2.03. The highest BCUT2D eigenvalue weighted by molar-refractivity contribution is 7.15. The van der Waals surface area contributed by atoms with Crippen LogP contribution < -0.4 is 5.32 Å². The molecule has 0 fully saturated rings. The number of carbonyl (C=O) groups is 1. The molecule has 0 saturated heterocycles. The van der Waals surface area contributed by atoms with Gasteiger partial charge in [0.05, 0.1) is 12.6 Å². The fourth-order valence-electron chi connectivity index (χ4n) is 2.01. The second kappa shape index (κ2) is 5.49. The summed E-state index contributed by atoms with van der Waals surface area (Å²) in [7, 11) is 1.35. The molecule has 0 bridgehead atoms. The molecule has 0 aliphatic carbocycles. The first-order valence-electron chi connectivity index (χ1n) is 6.35. The highest BCUT2D eigenvalue weighted by atomic mass is 32.1. The van der Waals surface area contributed by atoms with Crippen LogP contribution in [0, 0.1) is 6.92 Å². The van der Waals surface area contributed by atoms with Crippen molar-refractivity contribution in [1.29, 1.82) is 0 Å². The number of pyridine rings is 1. The zero-order chi connectivity index (χ0) is 14.8. The number of aryl methyl sites for hydroxylation is 1. The Balaban J connectivity index is 1.89. The number of ether oxygens (including phenoxy) is 1. The first-order valence-corrected chi connectivity index (χ1v) is 7.16. The van der Waals surface area contributed by atoms with Gasteiger partial charge >= 0.3 is 5.97 Å². The summed E-state index contributed by atoms with van der Waals surface area (Å²) in [5.74, 6) is -0.417. The normalized spacial score (nSPS) is 10.6. The van der Waals surface area contributed by atoms with Crippen molar-refractivity contribution in [3.8, 4) is 0 Å². The van der Waals surface area contributed by atoms with Crippen LogP contribution in [0.5, 0.6) is 0 Å². The van der Waals surface area contributed by atoms with Crippen LogP contribution in [0.15, 0.2) is 36.5 Å². The van der Waals surface area contributed by atoms with Gasteiger partial charge in [0, 0.05) is 22.1 Å². The number of nitrogens with one attached hydrogen (secondary N) is 1. The number of nitrogens with zero attached hydrogens (tertiary/aromatic N) is 2. The maximum Gasteiger partial charge on any atom is 0.357 e. The first-order chi connectivity index (χ1) is 10.2. The van der Waals surface area contributed by atoms with Crippen molar-refractivity contribution < 1.29 is 9.53 Å². The average molecular weight is 299 g/mol. The lowest BCUT2D eigenvalue weighted by Crippen LogP contribution is -2.03. The number of methoxy groups -OCH3 is 1. The Morgan fingerprint density at radius 1 is 1.33 bits per heavy atom. The van der Waals surface area contributed by atoms with Crippen molar-refractivity contribution >= 4 is 39.0 Å². The topological polar surface area (TPSA) is 64.1 Å². The number of thiazole rings is 1. The maximum atomic E-state index is 11.6. The molecule has 1 aromatic carbocycles. The van der Waals surface area contributed by atoms with Gasteiger partial charge in [-0.2, -0.15) is 0 Å². The smallest absolute Gasteiger partial charge is 0.357 e. The minimum absolute atomic E-state index is 0.354. The Morgan fingerprint density at radius 2 is 2.19 bits per heavy atom. The number of carbonyl (C=O) groups excluding carboxylic acids is 1. The lowest BCUT2D eigenvalue weighted by atomic mass is 10.2. The fourth-order valence-corrected chi connectivity index (χ4v) is 2.83. The van der Waals surface area contributed by atoms with E-state index in [1.807, 2.05) is 37.3 Å². The summed E-state index contributed by atoms with van der Waals surface area (Å²) >= 11 is 1.42. The molecule has 0 amide bonds. The third kappa shape index (κ3) is 2.71. The van der Waals surface area contributed by atoms with E-state index >= 15 is 0 Å². The zero-order valence-electron chi connectivity index (χ0n) is 11.6. The maximum absolute atomic E-state index is 11.6. The minimum Gasteiger partial charge on any atom is -0.464 e. The van der Waals surface area contributed by atoms with E-state index in [2.05, 4.69) is 15.3 Å². The molecule has 2 aromatic heterocycles. The zero-order valence-corrected chi connectivity index (χ0v) is 12.4. The summed E-state index contributed by atoms with van der Waals surface area (Å²) in [5.41, 5.74) is 2.20. The molecule has 0 radical (unpaired) electrons. The van der Waals surface area contributed by atoms with Crippen LogP contribution in [0.25, 0.3) is 10.9 Å². The molecular formula is C15H13N3O2S. The molecule has 21 heavy (non-hydrogen) atoms. The summed E-state index contributed by atoms with van der Waals surface area (Å²) in [6, 6.07) is 9.77. The number of hydrogen-bond acceptors (Lipinski definition) is 6. The van der Waals surface area contributed by atoms with Crippen molar-refractivity contribution in [1.82, 2.24) is 9.97 Å². The second-order valence-electron chi connectivity index (χ2n) is 4.45. The fraction of sp³-hybridized carbons (Fsp3) is 0.133. The van der Waals surface area contributed by atoms with Crippen LogP contribution >= 0.6 is 11.3 Å². The number of esters is 1. The number of anilines is 2. The number of rotatable bonds is 3. The van der Waals surface area contributed by atoms with Crippen LogP contribution in [-0.4, -0.2) is 23.0 Å². The van der Waals surface area contributed by atoms with Crippen molar-refractivity contribution in [2.45, 2.75) is 6.92 Å². The molecule has 106 valence electrons. The van der Waals surface area contributed by atoms with E-state index in [1.54, 1.807) is 6.20 Å². The van der Waals surface area contributed by atoms with Gasteiger partial charge in [-0.05, 0) is 31.2 Å². The number of hydrogen-bond donors (Lipinski definition) is 1. The Hall–Kier alpha value is -2.47. The highest BCUT2D eigenvalue weighted by Gasteiger charge is 2.15. The number of benzene rings is 1. The van der Waals surface area contributed by atoms with E-state index in [0.29, 0.717) is 10.8 Å². The Kier molecular flexibility index (Phi) is 3.53. The van der Waals surface area contributed by atoms with E-state index in [9.17, 15) is 4.79 Å². The minimum atomic E-state index is -0.417. The van der Waals surface area contributed by atoms with Gasteiger partial charge in [-0.25, -0.2) is 9.78 Å². The van der Waals surface area contributed by atoms with Crippen LogP contribution in [0.1, 0.15) is 15.4 Å². The molecule has 0 unspecified atom stereocenters. The Morgan fingerprint density at radius 3 is 3.00 bits per heavy atom. The molecule has 1 N–H and O–H groups in total. The van der Waals surface area contributed by atoms with Crippen LogP contribution in [-0.2, 0) is 4.74 Å². The van der Waals surface area contributed by atoms with Gasteiger partial charge in [0.15, 0.2) is 10.8 Å². The van der Waals surface area contributed by atoms with Crippen molar-refractivity contribution in [2.24, 2.45) is 0 Å². The largest absolute Gasteiger partial charge is 0.464 e. The van der Waals surface area contributed by atoms with Crippen LogP contribution in [0.3, 0.4) is 0 Å². The molecule has 3 rings (SSSR count). The van der Waals surface area contributed by atoms with Gasteiger partial charge < -0.3 is 10.1 Å². The third-order valence-electron chi connectivity index (χ3n) is 3.03. The van der Waals surface area contributed by atoms with Crippen molar-refractivity contribution in [3.05, 3.63) is 47.1 Å². The van der Waals surface area contributed by atoms with Crippen molar-refractivity contribution in [2.75, 3.05) is 12.4 Å². The summed E-state index contributed by atoms with van der Waals surface area (Å²) < 4.78 is 4.71. The van der Waals surface area contributed by atoms with E-state index in [1.165, 1.54) is 18.4 Å². The predicted octanol–water partition coefficient (Wildman–Crippen LogP) is 3.53.